The molecular weight excluding hydrogens is 256 g/mol. The van der Waals surface area contributed by atoms with Crippen molar-refractivity contribution in [1.82, 2.24) is 10.2 Å². The van der Waals surface area contributed by atoms with Gasteiger partial charge in [0.05, 0.1) is 0 Å². The molecule has 2 aliphatic carbocycles. The average Bonchev–Trinajstić information content (AvgIpc) is 3.28. The van der Waals surface area contributed by atoms with E-state index in [0.717, 1.165) is 12.0 Å². The van der Waals surface area contributed by atoms with Gasteiger partial charge in [-0.2, -0.15) is 0 Å². The highest BCUT2D eigenvalue weighted by atomic mass is 15.3. The van der Waals surface area contributed by atoms with Crippen LogP contribution in [0.2, 0.25) is 0 Å². The SMILES string of the molecule is c1ccc(CCN2CC(C3CC3)NCC23CCCC3)cc1. The van der Waals surface area contributed by atoms with Crippen LogP contribution in [-0.4, -0.2) is 36.1 Å². The fourth-order valence-corrected chi connectivity index (χ4v) is 4.51. The Morgan fingerprint density at radius 3 is 2.57 bits per heavy atom. The van der Waals surface area contributed by atoms with Gasteiger partial charge in [-0.05, 0) is 43.6 Å². The number of nitrogens with zero attached hydrogens (tertiary/aromatic N) is 1. The number of nitrogens with one attached hydrogen (secondary N) is 1. The van der Waals surface area contributed by atoms with Gasteiger partial charge in [-0.1, -0.05) is 43.2 Å². The molecule has 0 aromatic heterocycles. The van der Waals surface area contributed by atoms with Crippen molar-refractivity contribution in [3.8, 4) is 0 Å². The van der Waals surface area contributed by atoms with E-state index in [4.69, 9.17) is 0 Å². The quantitative estimate of drug-likeness (QED) is 0.913. The van der Waals surface area contributed by atoms with Crippen molar-refractivity contribution in [1.29, 1.82) is 0 Å². The van der Waals surface area contributed by atoms with Crippen molar-refractivity contribution in [2.24, 2.45) is 5.92 Å². The first kappa shape index (κ1) is 13.8. The van der Waals surface area contributed by atoms with Gasteiger partial charge in [0, 0.05) is 31.2 Å². The zero-order valence-electron chi connectivity index (χ0n) is 13.1. The minimum Gasteiger partial charge on any atom is -0.311 e. The Hall–Kier alpha value is -0.860. The monoisotopic (exact) mass is 284 g/mol. The lowest BCUT2D eigenvalue weighted by Gasteiger charge is -2.48. The van der Waals surface area contributed by atoms with Crippen LogP contribution in [0, 0.1) is 5.92 Å². The summed E-state index contributed by atoms with van der Waals surface area (Å²) in [6.45, 7) is 3.77. The van der Waals surface area contributed by atoms with Gasteiger partial charge in [-0.3, -0.25) is 4.90 Å². The molecule has 0 bridgehead atoms. The molecule has 2 saturated carbocycles. The smallest absolute Gasteiger partial charge is 0.0334 e. The van der Waals surface area contributed by atoms with E-state index in [9.17, 15) is 0 Å². The lowest BCUT2D eigenvalue weighted by Crippen LogP contribution is -2.64. The van der Waals surface area contributed by atoms with E-state index in [0.29, 0.717) is 5.54 Å². The van der Waals surface area contributed by atoms with Gasteiger partial charge in [0.15, 0.2) is 0 Å². The minimum absolute atomic E-state index is 0.486. The lowest BCUT2D eigenvalue weighted by atomic mass is 9.89. The molecule has 1 spiro atoms. The first-order valence-electron chi connectivity index (χ1n) is 8.88. The molecule has 21 heavy (non-hydrogen) atoms. The Morgan fingerprint density at radius 2 is 1.86 bits per heavy atom. The molecule has 114 valence electrons. The van der Waals surface area contributed by atoms with Gasteiger partial charge < -0.3 is 5.32 Å². The average molecular weight is 284 g/mol. The summed E-state index contributed by atoms with van der Waals surface area (Å²) in [5, 5.41) is 3.90. The minimum atomic E-state index is 0.486. The summed E-state index contributed by atoms with van der Waals surface area (Å²) in [5.41, 5.74) is 1.98. The highest BCUT2D eigenvalue weighted by molar-refractivity contribution is 5.15. The third-order valence-corrected chi connectivity index (χ3v) is 6.02. The van der Waals surface area contributed by atoms with Gasteiger partial charge in [0.2, 0.25) is 0 Å². The van der Waals surface area contributed by atoms with Crippen LogP contribution < -0.4 is 5.32 Å². The second kappa shape index (κ2) is 5.73. The van der Waals surface area contributed by atoms with Gasteiger partial charge in [-0.15, -0.1) is 0 Å². The second-order valence-electron chi connectivity index (χ2n) is 7.44. The van der Waals surface area contributed by atoms with Crippen molar-refractivity contribution < 1.29 is 0 Å². The zero-order valence-corrected chi connectivity index (χ0v) is 13.1. The highest BCUT2D eigenvalue weighted by Gasteiger charge is 2.46. The largest absolute Gasteiger partial charge is 0.311 e. The molecule has 3 fully saturated rings. The molecule has 3 aliphatic rings. The van der Waals surface area contributed by atoms with Crippen molar-refractivity contribution in [2.75, 3.05) is 19.6 Å². The van der Waals surface area contributed by atoms with Crippen molar-refractivity contribution in [3.05, 3.63) is 35.9 Å². The van der Waals surface area contributed by atoms with E-state index in [1.807, 2.05) is 0 Å². The molecule has 2 nitrogen and oxygen atoms in total. The first-order chi connectivity index (χ1) is 10.4. The molecule has 2 heteroatoms. The van der Waals surface area contributed by atoms with Crippen LogP contribution in [-0.2, 0) is 6.42 Å². The summed E-state index contributed by atoms with van der Waals surface area (Å²) in [6, 6.07) is 11.8. The summed E-state index contributed by atoms with van der Waals surface area (Å²) in [5.74, 6) is 0.975. The van der Waals surface area contributed by atoms with Crippen molar-refractivity contribution >= 4 is 0 Å². The Labute approximate surface area is 128 Å². The number of piperazine rings is 1. The molecule has 1 aromatic rings. The number of hydrogen-bond acceptors (Lipinski definition) is 2. The first-order valence-corrected chi connectivity index (χ1v) is 8.88. The maximum absolute atomic E-state index is 3.90. The predicted molar refractivity (Wildman–Crippen MR) is 87.4 cm³/mol. The van der Waals surface area contributed by atoms with E-state index in [1.54, 1.807) is 0 Å². The van der Waals surface area contributed by atoms with Gasteiger partial charge in [-0.25, -0.2) is 0 Å². The lowest BCUT2D eigenvalue weighted by molar-refractivity contribution is 0.0393. The fraction of sp³-hybridized carbons (Fsp3) is 0.684. The molecule has 1 N–H and O–H groups in total. The number of hydrogen-bond donors (Lipinski definition) is 1. The summed E-state index contributed by atoms with van der Waals surface area (Å²) in [7, 11) is 0. The molecule has 1 aromatic carbocycles. The van der Waals surface area contributed by atoms with E-state index in [2.05, 4.69) is 40.5 Å². The predicted octanol–water partition coefficient (Wildman–Crippen LogP) is 3.23. The highest BCUT2D eigenvalue weighted by Crippen LogP contribution is 2.41. The van der Waals surface area contributed by atoms with Crippen LogP contribution in [0.5, 0.6) is 0 Å². The Morgan fingerprint density at radius 1 is 1.10 bits per heavy atom. The summed E-state index contributed by atoms with van der Waals surface area (Å²) in [4.78, 5) is 2.87. The maximum Gasteiger partial charge on any atom is 0.0334 e. The van der Waals surface area contributed by atoms with E-state index >= 15 is 0 Å². The Balaban J connectivity index is 1.45. The molecule has 1 unspecified atom stereocenters. The summed E-state index contributed by atoms with van der Waals surface area (Å²) >= 11 is 0. The number of rotatable bonds is 4. The van der Waals surface area contributed by atoms with E-state index in [-0.39, 0.29) is 0 Å². The second-order valence-corrected chi connectivity index (χ2v) is 7.44. The van der Waals surface area contributed by atoms with Crippen molar-refractivity contribution in [2.45, 2.75) is 56.5 Å². The van der Waals surface area contributed by atoms with Gasteiger partial charge in [0.1, 0.15) is 0 Å². The standard InChI is InChI=1S/C19H28N2/c1-2-6-16(7-3-1)10-13-21-14-18(17-8-9-17)20-15-19(21)11-4-5-12-19/h1-3,6-7,17-18,20H,4-5,8-15H2. The van der Waals surface area contributed by atoms with E-state index in [1.165, 1.54) is 70.1 Å². The maximum atomic E-state index is 3.90. The zero-order chi connectivity index (χ0) is 14.1. The van der Waals surface area contributed by atoms with Gasteiger partial charge in [0.25, 0.3) is 0 Å². The molecule has 1 atom stereocenters. The molecule has 1 heterocycles. The van der Waals surface area contributed by atoms with Crippen LogP contribution in [0.3, 0.4) is 0 Å². The Kier molecular flexibility index (Phi) is 3.76. The topological polar surface area (TPSA) is 15.3 Å². The molecule has 1 saturated heterocycles. The molecular formula is C19H28N2. The molecule has 0 radical (unpaired) electrons. The summed E-state index contributed by atoms with van der Waals surface area (Å²) in [6.07, 6.45) is 9.79. The van der Waals surface area contributed by atoms with Crippen LogP contribution in [0.15, 0.2) is 30.3 Å². The fourth-order valence-electron chi connectivity index (χ4n) is 4.51. The molecule has 1 aliphatic heterocycles. The van der Waals surface area contributed by atoms with Gasteiger partial charge >= 0.3 is 0 Å². The molecule has 4 rings (SSSR count). The third-order valence-electron chi connectivity index (χ3n) is 6.02. The normalized spacial score (nSPS) is 29.0. The van der Waals surface area contributed by atoms with Crippen LogP contribution >= 0.6 is 0 Å². The van der Waals surface area contributed by atoms with Crippen LogP contribution in [0.1, 0.15) is 44.1 Å². The summed E-state index contributed by atoms with van der Waals surface area (Å²) < 4.78 is 0. The van der Waals surface area contributed by atoms with E-state index < -0.39 is 0 Å². The van der Waals surface area contributed by atoms with Crippen LogP contribution in [0.4, 0.5) is 0 Å². The van der Waals surface area contributed by atoms with Crippen LogP contribution in [0.25, 0.3) is 0 Å². The third kappa shape index (κ3) is 2.89. The molecule has 0 amide bonds. The van der Waals surface area contributed by atoms with Crippen molar-refractivity contribution in [3.63, 3.8) is 0 Å². The number of benzene rings is 1. The Bertz CT molecular complexity index is 460.